The van der Waals surface area contributed by atoms with Crippen molar-refractivity contribution < 1.29 is 24.4 Å². The Balaban J connectivity index is 2.16. The molecule has 0 saturated carbocycles. The summed E-state index contributed by atoms with van der Waals surface area (Å²) in [6.07, 6.45) is -2.56. The van der Waals surface area contributed by atoms with E-state index >= 15 is 0 Å². The molecule has 0 aromatic carbocycles. The number of aliphatic hydroxyl groups excluding tert-OH is 2. The maximum absolute atomic E-state index is 9.99. The van der Waals surface area contributed by atoms with Gasteiger partial charge >= 0.3 is 0 Å². The molecular weight excluding hydrogens is 230 g/mol. The van der Waals surface area contributed by atoms with Crippen molar-refractivity contribution in [2.75, 3.05) is 13.2 Å². The number of hydrogen-bond donors (Lipinski definition) is 2. The van der Waals surface area contributed by atoms with E-state index in [-0.39, 0.29) is 13.2 Å². The van der Waals surface area contributed by atoms with Crippen molar-refractivity contribution in [2.45, 2.75) is 43.7 Å². The van der Waals surface area contributed by atoms with E-state index in [1.165, 1.54) is 0 Å². The van der Waals surface area contributed by atoms with E-state index in [2.05, 4.69) is 10.0 Å². The van der Waals surface area contributed by atoms with Gasteiger partial charge in [-0.25, -0.2) is 0 Å². The normalized spacial score (nSPS) is 44.6. The lowest BCUT2D eigenvalue weighted by molar-refractivity contribution is -0.324. The second kappa shape index (κ2) is 4.09. The Morgan fingerprint density at radius 3 is 2.59 bits per heavy atom. The average Bonchev–Trinajstić information content (AvgIpc) is 2.58. The molecule has 2 rings (SSSR count). The van der Waals surface area contributed by atoms with Crippen LogP contribution in [0.1, 0.15) is 13.8 Å². The van der Waals surface area contributed by atoms with E-state index in [4.69, 9.17) is 19.7 Å². The summed E-state index contributed by atoms with van der Waals surface area (Å²) in [6, 6.07) is -0.826. The summed E-state index contributed by atoms with van der Waals surface area (Å²) in [5.74, 6) is -2.27. The van der Waals surface area contributed by atoms with Gasteiger partial charge in [-0.05, 0) is 19.4 Å². The molecule has 2 aliphatic rings. The number of nitrogens with zero attached hydrogens (tertiary/aromatic N) is 3. The first-order valence-electron chi connectivity index (χ1n) is 5.29. The highest BCUT2D eigenvalue weighted by Crippen LogP contribution is 2.38. The lowest BCUT2D eigenvalue weighted by atomic mass is 9.96. The number of rotatable bonds is 1. The van der Waals surface area contributed by atoms with Gasteiger partial charge in [0.05, 0.1) is 18.8 Å². The first kappa shape index (κ1) is 12.6. The lowest BCUT2D eigenvalue weighted by Crippen LogP contribution is -2.62. The molecule has 0 bridgehead atoms. The van der Waals surface area contributed by atoms with Crippen LogP contribution < -0.4 is 0 Å². The molecule has 2 saturated heterocycles. The summed E-state index contributed by atoms with van der Waals surface area (Å²) in [4.78, 5) is 2.59. The van der Waals surface area contributed by atoms with Gasteiger partial charge in [0.25, 0.3) is 0 Å². The Kier molecular flexibility index (Phi) is 3.03. The molecule has 1 spiro atoms. The van der Waals surface area contributed by atoms with Crippen molar-refractivity contribution in [1.82, 2.24) is 0 Å². The summed E-state index contributed by atoms with van der Waals surface area (Å²) >= 11 is 0. The smallest absolute Gasteiger partial charge is 0.224 e. The highest BCUT2D eigenvalue weighted by Gasteiger charge is 2.57. The van der Waals surface area contributed by atoms with Gasteiger partial charge in [0.2, 0.25) is 5.79 Å². The Morgan fingerprint density at radius 1 is 1.35 bits per heavy atom. The van der Waals surface area contributed by atoms with Gasteiger partial charge in [0, 0.05) is 4.91 Å². The third-order valence-corrected chi connectivity index (χ3v) is 2.91. The van der Waals surface area contributed by atoms with Crippen molar-refractivity contribution in [3.05, 3.63) is 10.4 Å². The highest BCUT2D eigenvalue weighted by atomic mass is 16.8. The third kappa shape index (κ3) is 2.11. The van der Waals surface area contributed by atoms with Gasteiger partial charge in [-0.1, -0.05) is 5.11 Å². The van der Waals surface area contributed by atoms with Crippen molar-refractivity contribution in [2.24, 2.45) is 5.11 Å². The van der Waals surface area contributed by atoms with Gasteiger partial charge in [0.1, 0.15) is 12.7 Å². The highest BCUT2D eigenvalue weighted by molar-refractivity contribution is 4.98. The topological polar surface area (TPSA) is 117 Å². The van der Waals surface area contributed by atoms with E-state index in [1.807, 2.05) is 0 Å². The number of azide groups is 1. The molecule has 17 heavy (non-hydrogen) atoms. The monoisotopic (exact) mass is 245 g/mol. The summed E-state index contributed by atoms with van der Waals surface area (Å²) in [7, 11) is 0. The van der Waals surface area contributed by atoms with Crippen LogP contribution in [0.3, 0.4) is 0 Å². The minimum absolute atomic E-state index is 0.0151. The van der Waals surface area contributed by atoms with E-state index < -0.39 is 29.8 Å². The standard InChI is InChI=1S/C9H15N3O5/c1-8(2)16-4-9(17-8)7(14)6(13)5(3-15-9)11-12-10/h5-7,13-14H,3-4H2,1-2H3/t5-,6-,7+,9-/m1/s1. The Hall–Kier alpha value is -0.890. The van der Waals surface area contributed by atoms with Crippen LogP contribution in [-0.2, 0) is 14.2 Å². The zero-order chi connectivity index (χ0) is 12.7. The molecule has 96 valence electrons. The predicted octanol–water partition coefficient (Wildman–Crippen LogP) is -0.104. The molecule has 0 aromatic heterocycles. The van der Waals surface area contributed by atoms with Crippen LogP contribution in [0.5, 0.6) is 0 Å². The van der Waals surface area contributed by atoms with Gasteiger partial charge in [-0.2, -0.15) is 0 Å². The van der Waals surface area contributed by atoms with Crippen LogP contribution in [0, 0.1) is 0 Å². The maximum atomic E-state index is 9.99. The Morgan fingerprint density at radius 2 is 2.06 bits per heavy atom. The fraction of sp³-hybridized carbons (Fsp3) is 1.00. The Bertz CT molecular complexity index is 357. The fourth-order valence-corrected chi connectivity index (χ4v) is 2.02. The van der Waals surface area contributed by atoms with Crippen molar-refractivity contribution in [3.63, 3.8) is 0 Å². The molecule has 2 fully saturated rings. The van der Waals surface area contributed by atoms with Crippen LogP contribution in [-0.4, -0.2) is 53.3 Å². The summed E-state index contributed by atoms with van der Waals surface area (Å²) in [6.45, 7) is 3.36. The van der Waals surface area contributed by atoms with Gasteiger partial charge in [-0.3, -0.25) is 0 Å². The van der Waals surface area contributed by atoms with E-state index in [0.717, 1.165) is 0 Å². The lowest BCUT2D eigenvalue weighted by Gasteiger charge is -2.42. The van der Waals surface area contributed by atoms with Crippen LogP contribution in [0.4, 0.5) is 0 Å². The average molecular weight is 245 g/mol. The van der Waals surface area contributed by atoms with Crippen molar-refractivity contribution in [3.8, 4) is 0 Å². The number of hydrogen-bond acceptors (Lipinski definition) is 6. The zero-order valence-electron chi connectivity index (χ0n) is 9.61. The largest absolute Gasteiger partial charge is 0.390 e. The van der Waals surface area contributed by atoms with Gasteiger partial charge in [-0.15, -0.1) is 0 Å². The molecule has 0 aliphatic carbocycles. The molecule has 0 aromatic rings. The second-order valence-electron chi connectivity index (χ2n) is 4.62. The van der Waals surface area contributed by atoms with Crippen LogP contribution in [0.25, 0.3) is 10.4 Å². The van der Waals surface area contributed by atoms with E-state index in [1.54, 1.807) is 13.8 Å². The molecular formula is C9H15N3O5. The fourth-order valence-electron chi connectivity index (χ4n) is 2.02. The third-order valence-electron chi connectivity index (χ3n) is 2.91. The predicted molar refractivity (Wildman–Crippen MR) is 54.7 cm³/mol. The quantitative estimate of drug-likeness (QED) is 0.380. The molecule has 8 heteroatoms. The minimum atomic E-state index is -1.38. The Labute approximate surface area is 97.7 Å². The summed E-state index contributed by atoms with van der Waals surface area (Å²) in [5.41, 5.74) is 8.32. The molecule has 2 N–H and O–H groups in total. The molecule has 8 nitrogen and oxygen atoms in total. The van der Waals surface area contributed by atoms with Crippen LogP contribution >= 0.6 is 0 Å². The summed E-state index contributed by atoms with van der Waals surface area (Å²) in [5, 5.41) is 23.2. The molecule has 2 heterocycles. The van der Waals surface area contributed by atoms with E-state index in [9.17, 15) is 10.2 Å². The van der Waals surface area contributed by atoms with Crippen molar-refractivity contribution >= 4 is 0 Å². The number of ether oxygens (including phenoxy) is 3. The first-order valence-corrected chi connectivity index (χ1v) is 5.29. The number of aliphatic hydroxyl groups is 2. The maximum Gasteiger partial charge on any atom is 0.224 e. The van der Waals surface area contributed by atoms with Gasteiger partial charge in [0.15, 0.2) is 5.79 Å². The minimum Gasteiger partial charge on any atom is -0.390 e. The zero-order valence-corrected chi connectivity index (χ0v) is 9.61. The SMILES string of the molecule is CC1(C)OC[C@@]2(OC[C@@H](N=[N+]=[N-])[C@@H](O)[C@@H]2O)O1. The van der Waals surface area contributed by atoms with Gasteiger partial charge < -0.3 is 24.4 Å². The van der Waals surface area contributed by atoms with E-state index in [0.29, 0.717) is 0 Å². The second-order valence-corrected chi connectivity index (χ2v) is 4.62. The first-order chi connectivity index (χ1) is 7.90. The molecule has 2 aliphatic heterocycles. The molecule has 0 radical (unpaired) electrons. The summed E-state index contributed by atoms with van der Waals surface area (Å²) < 4.78 is 16.2. The van der Waals surface area contributed by atoms with Crippen molar-refractivity contribution in [1.29, 1.82) is 0 Å². The molecule has 4 atom stereocenters. The van der Waals surface area contributed by atoms with Crippen LogP contribution in [0.15, 0.2) is 5.11 Å². The molecule has 0 amide bonds. The molecule has 0 unspecified atom stereocenters. The van der Waals surface area contributed by atoms with Crippen LogP contribution in [0.2, 0.25) is 0 Å².